The van der Waals surface area contributed by atoms with Crippen molar-refractivity contribution in [3.8, 4) is 0 Å². The summed E-state index contributed by atoms with van der Waals surface area (Å²) in [4.78, 5) is 15.0. The molecule has 0 atom stereocenters. The number of alkyl halides is 3. The van der Waals surface area contributed by atoms with Gasteiger partial charge in [-0.1, -0.05) is 30.3 Å². The molecule has 0 radical (unpaired) electrons. The van der Waals surface area contributed by atoms with Gasteiger partial charge in [0.05, 0.1) is 16.9 Å². The van der Waals surface area contributed by atoms with Crippen molar-refractivity contribution < 1.29 is 22.7 Å². The lowest BCUT2D eigenvalue weighted by Gasteiger charge is -2.20. The van der Waals surface area contributed by atoms with E-state index in [2.05, 4.69) is 10.1 Å². The van der Waals surface area contributed by atoms with Crippen LogP contribution in [0, 0.1) is 0 Å². The lowest BCUT2D eigenvalue weighted by Crippen LogP contribution is -2.20. The third-order valence-corrected chi connectivity index (χ3v) is 6.47. The topological polar surface area (TPSA) is 38.3 Å². The predicted octanol–water partition coefficient (Wildman–Crippen LogP) is 5.56. The molecule has 3 aromatic carbocycles. The molecule has 0 saturated heterocycles. The molecule has 0 aromatic heterocycles. The molecule has 0 bridgehead atoms. The SMILES string of the molecule is O=C(OCC(F)(F)F)c1cccc([S+]2c3ccccc3Nc3ccccc32)c1. The Labute approximate surface area is 162 Å². The Morgan fingerprint density at radius 1 is 0.893 bits per heavy atom. The van der Waals surface area contributed by atoms with E-state index in [1.54, 1.807) is 12.1 Å². The van der Waals surface area contributed by atoms with Crippen LogP contribution in [0.4, 0.5) is 24.5 Å². The fraction of sp³-hybridized carbons (Fsp3) is 0.0952. The average molecular weight is 402 g/mol. The van der Waals surface area contributed by atoms with Crippen molar-refractivity contribution in [2.24, 2.45) is 0 Å². The highest BCUT2D eigenvalue weighted by Gasteiger charge is 2.38. The molecule has 28 heavy (non-hydrogen) atoms. The van der Waals surface area contributed by atoms with Gasteiger partial charge in [-0.25, -0.2) is 4.79 Å². The largest absolute Gasteiger partial charge is 0.452 e. The van der Waals surface area contributed by atoms with E-state index < -0.39 is 29.6 Å². The fourth-order valence-electron chi connectivity index (χ4n) is 2.99. The lowest BCUT2D eigenvalue weighted by atomic mass is 10.2. The quantitative estimate of drug-likeness (QED) is 0.360. The number of para-hydroxylation sites is 2. The first-order chi connectivity index (χ1) is 13.4. The van der Waals surface area contributed by atoms with E-state index in [0.717, 1.165) is 26.1 Å². The molecule has 0 amide bonds. The van der Waals surface area contributed by atoms with Gasteiger partial charge < -0.3 is 10.1 Å². The lowest BCUT2D eigenvalue weighted by molar-refractivity contribution is -0.161. The monoisotopic (exact) mass is 402 g/mol. The van der Waals surface area contributed by atoms with Gasteiger partial charge in [0.2, 0.25) is 0 Å². The van der Waals surface area contributed by atoms with Gasteiger partial charge in [0.25, 0.3) is 0 Å². The van der Waals surface area contributed by atoms with Gasteiger partial charge in [0.15, 0.2) is 21.3 Å². The van der Waals surface area contributed by atoms with Crippen molar-refractivity contribution in [1.29, 1.82) is 0 Å². The third-order valence-electron chi connectivity index (χ3n) is 4.16. The average Bonchev–Trinajstić information content (AvgIpc) is 2.69. The van der Waals surface area contributed by atoms with Gasteiger partial charge in [-0.2, -0.15) is 13.2 Å². The zero-order valence-corrected chi connectivity index (χ0v) is 15.3. The van der Waals surface area contributed by atoms with Gasteiger partial charge in [-0.15, -0.1) is 0 Å². The second kappa shape index (κ2) is 7.24. The van der Waals surface area contributed by atoms with Gasteiger partial charge in [0, 0.05) is 6.07 Å². The van der Waals surface area contributed by atoms with E-state index in [0.29, 0.717) is 0 Å². The summed E-state index contributed by atoms with van der Waals surface area (Å²) in [5.74, 6) is -0.987. The van der Waals surface area contributed by atoms with Crippen LogP contribution in [0.5, 0.6) is 0 Å². The predicted molar refractivity (Wildman–Crippen MR) is 101 cm³/mol. The molecule has 3 aromatic rings. The molecule has 1 aliphatic heterocycles. The minimum absolute atomic E-state index is 0.0998. The Bertz CT molecular complexity index is 990. The number of carbonyl (C=O) groups is 1. The zero-order chi connectivity index (χ0) is 19.7. The summed E-state index contributed by atoms with van der Waals surface area (Å²) >= 11 is 0. The first kappa shape index (κ1) is 18.4. The maximum absolute atomic E-state index is 12.3. The van der Waals surface area contributed by atoms with Crippen LogP contribution in [0.3, 0.4) is 0 Å². The molecule has 1 aliphatic rings. The van der Waals surface area contributed by atoms with Gasteiger partial charge >= 0.3 is 12.1 Å². The highest BCUT2D eigenvalue weighted by molar-refractivity contribution is 7.97. The summed E-state index contributed by atoms with van der Waals surface area (Å²) in [6.45, 7) is -1.60. The third kappa shape index (κ3) is 3.71. The number of carbonyl (C=O) groups excluding carboxylic acids is 1. The number of hydrogen-bond donors (Lipinski definition) is 1. The van der Waals surface area contributed by atoms with E-state index >= 15 is 0 Å². The molecular formula is C21H15F3NO2S+. The van der Waals surface area contributed by atoms with Crippen LogP contribution in [-0.2, 0) is 15.6 Å². The first-order valence-electron chi connectivity index (χ1n) is 8.46. The molecule has 1 heterocycles. The van der Waals surface area contributed by atoms with Crippen molar-refractivity contribution in [2.45, 2.75) is 20.9 Å². The molecule has 7 heteroatoms. The Kier molecular flexibility index (Phi) is 4.77. The summed E-state index contributed by atoms with van der Waals surface area (Å²) in [5, 5.41) is 3.40. The van der Waals surface area contributed by atoms with Gasteiger partial charge in [-0.3, -0.25) is 0 Å². The van der Waals surface area contributed by atoms with E-state index in [-0.39, 0.29) is 5.56 Å². The number of benzene rings is 3. The molecule has 0 aliphatic carbocycles. The van der Waals surface area contributed by atoms with Gasteiger partial charge in [0.1, 0.15) is 10.9 Å². The first-order valence-corrected chi connectivity index (χ1v) is 9.68. The van der Waals surface area contributed by atoms with Crippen LogP contribution in [0.2, 0.25) is 0 Å². The molecule has 142 valence electrons. The Balaban J connectivity index is 1.73. The normalized spacial score (nSPS) is 13.2. The summed E-state index contributed by atoms with van der Waals surface area (Å²) < 4.78 is 41.4. The fourth-order valence-corrected chi connectivity index (χ4v) is 5.31. The van der Waals surface area contributed by atoms with Crippen molar-refractivity contribution in [2.75, 3.05) is 11.9 Å². The maximum Gasteiger partial charge on any atom is 0.422 e. The molecule has 1 N–H and O–H groups in total. The Morgan fingerprint density at radius 3 is 2.11 bits per heavy atom. The molecule has 3 nitrogen and oxygen atoms in total. The second-order valence-corrected chi connectivity index (χ2v) is 8.11. The van der Waals surface area contributed by atoms with Crippen LogP contribution >= 0.6 is 0 Å². The summed E-state index contributed by atoms with van der Waals surface area (Å²) in [6.07, 6.45) is -4.55. The van der Waals surface area contributed by atoms with Crippen molar-refractivity contribution in [3.63, 3.8) is 0 Å². The van der Waals surface area contributed by atoms with Crippen LogP contribution in [0.1, 0.15) is 10.4 Å². The summed E-state index contributed by atoms with van der Waals surface area (Å²) in [6, 6.07) is 22.4. The highest BCUT2D eigenvalue weighted by atomic mass is 32.2. The van der Waals surface area contributed by atoms with E-state index in [9.17, 15) is 18.0 Å². The summed E-state index contributed by atoms with van der Waals surface area (Å²) in [5.41, 5.74) is 2.03. The molecule has 0 fully saturated rings. The summed E-state index contributed by atoms with van der Waals surface area (Å²) in [7, 11) is -0.498. The smallest absolute Gasteiger partial charge is 0.422 e. The molecule has 0 saturated carbocycles. The number of fused-ring (bicyclic) bond motifs is 2. The number of esters is 1. The van der Waals surface area contributed by atoms with Crippen molar-refractivity contribution >= 4 is 28.2 Å². The Hall–Kier alpha value is -2.93. The zero-order valence-electron chi connectivity index (χ0n) is 14.5. The maximum atomic E-state index is 12.3. The van der Waals surface area contributed by atoms with E-state index in [1.165, 1.54) is 6.07 Å². The Morgan fingerprint density at radius 2 is 1.50 bits per heavy atom. The number of ether oxygens (including phenoxy) is 1. The van der Waals surface area contributed by atoms with Crippen LogP contribution in [-0.4, -0.2) is 18.8 Å². The molecule has 0 unspecified atom stereocenters. The van der Waals surface area contributed by atoms with Crippen molar-refractivity contribution in [3.05, 3.63) is 78.4 Å². The van der Waals surface area contributed by atoms with Crippen molar-refractivity contribution in [1.82, 2.24) is 0 Å². The second-order valence-electron chi connectivity index (χ2n) is 6.14. The van der Waals surface area contributed by atoms with Gasteiger partial charge in [-0.05, 0) is 36.4 Å². The minimum atomic E-state index is -4.55. The number of nitrogens with one attached hydrogen (secondary N) is 1. The molecule has 0 spiro atoms. The van der Waals surface area contributed by atoms with E-state index in [4.69, 9.17) is 0 Å². The van der Waals surface area contributed by atoms with Crippen LogP contribution in [0.25, 0.3) is 0 Å². The molecule has 4 rings (SSSR count). The highest BCUT2D eigenvalue weighted by Crippen LogP contribution is 2.44. The number of anilines is 2. The van der Waals surface area contributed by atoms with Crippen LogP contribution < -0.4 is 5.32 Å². The van der Waals surface area contributed by atoms with E-state index in [1.807, 2.05) is 54.6 Å². The number of hydrogen-bond acceptors (Lipinski definition) is 3. The number of rotatable bonds is 3. The van der Waals surface area contributed by atoms with Crippen LogP contribution in [0.15, 0.2) is 87.5 Å². The minimum Gasteiger partial charge on any atom is -0.452 e. The molecular weight excluding hydrogens is 387 g/mol. The number of halogens is 3. The standard InChI is InChI=1S/C21H15F3NO2S/c22-21(23,24)13-27-20(26)14-6-5-7-15(12-14)28-18-10-3-1-8-16(18)25-17-9-2-4-11-19(17)28/h1-12,25H,13H2/q+1.